The number of aromatic amines is 1. The lowest BCUT2D eigenvalue weighted by Crippen LogP contribution is -2.31. The molecule has 29 heavy (non-hydrogen) atoms. The van der Waals surface area contributed by atoms with Gasteiger partial charge in [-0.3, -0.25) is 9.36 Å². The molecule has 0 radical (unpaired) electrons. The average Bonchev–Trinajstić information content (AvgIpc) is 3.07. The largest absolute Gasteiger partial charge is 0.495 e. The Morgan fingerprint density at radius 1 is 1.24 bits per heavy atom. The molecule has 0 atom stereocenters. The van der Waals surface area contributed by atoms with Crippen LogP contribution in [0.2, 0.25) is 5.02 Å². The van der Waals surface area contributed by atoms with Crippen LogP contribution in [0, 0.1) is 5.92 Å². The third kappa shape index (κ3) is 3.94. The number of nitrogens with zero attached hydrogens (tertiary/aromatic N) is 1. The van der Waals surface area contributed by atoms with Crippen LogP contribution < -0.4 is 15.7 Å². The highest BCUT2D eigenvalue weighted by atomic mass is 79.9. The molecule has 0 bridgehead atoms. The van der Waals surface area contributed by atoms with Crippen molar-refractivity contribution in [3.8, 4) is 5.75 Å². The summed E-state index contributed by atoms with van der Waals surface area (Å²) in [6.45, 7) is 0. The highest BCUT2D eigenvalue weighted by Crippen LogP contribution is 2.35. The van der Waals surface area contributed by atoms with Crippen molar-refractivity contribution in [2.45, 2.75) is 31.7 Å². The van der Waals surface area contributed by atoms with E-state index < -0.39 is 0 Å². The first-order valence-electron chi connectivity index (χ1n) is 9.51. The quantitative estimate of drug-likeness (QED) is 0.546. The second-order valence-electron chi connectivity index (χ2n) is 7.28. The minimum absolute atomic E-state index is 0.0122. The van der Waals surface area contributed by atoms with Crippen molar-refractivity contribution in [3.63, 3.8) is 0 Å². The molecule has 0 unspecified atom stereocenters. The lowest BCUT2D eigenvalue weighted by atomic mass is 9.85. The van der Waals surface area contributed by atoms with E-state index in [1.165, 1.54) is 0 Å². The molecule has 0 aliphatic heterocycles. The van der Waals surface area contributed by atoms with Gasteiger partial charge in [0.2, 0.25) is 5.91 Å². The van der Waals surface area contributed by atoms with Crippen LogP contribution in [0.15, 0.2) is 45.7 Å². The van der Waals surface area contributed by atoms with Gasteiger partial charge in [-0.05, 0) is 65.9 Å². The summed E-state index contributed by atoms with van der Waals surface area (Å²) in [4.78, 5) is 28.2. The number of aromatic nitrogens is 2. The molecule has 2 N–H and O–H groups in total. The van der Waals surface area contributed by atoms with E-state index >= 15 is 0 Å². The van der Waals surface area contributed by atoms with Crippen molar-refractivity contribution < 1.29 is 9.53 Å². The van der Waals surface area contributed by atoms with Gasteiger partial charge in [-0.25, -0.2) is 4.79 Å². The number of hydrogen-bond donors (Lipinski definition) is 2. The molecular formula is C21H21BrClN3O3. The highest BCUT2D eigenvalue weighted by molar-refractivity contribution is 9.10. The van der Waals surface area contributed by atoms with Gasteiger partial charge in [0.1, 0.15) is 5.75 Å². The molecule has 1 fully saturated rings. The number of rotatable bonds is 4. The topological polar surface area (TPSA) is 76.1 Å². The van der Waals surface area contributed by atoms with Gasteiger partial charge >= 0.3 is 5.69 Å². The van der Waals surface area contributed by atoms with Crippen LogP contribution in [0.25, 0.3) is 11.0 Å². The molecule has 0 spiro atoms. The molecule has 3 aromatic rings. The predicted molar refractivity (Wildman–Crippen MR) is 118 cm³/mol. The molecule has 4 rings (SSSR count). The zero-order chi connectivity index (χ0) is 20.5. The summed E-state index contributed by atoms with van der Waals surface area (Å²) in [5.74, 6) is 0.431. The maximum absolute atomic E-state index is 12.7. The number of amides is 1. The first kappa shape index (κ1) is 20.0. The Labute approximate surface area is 181 Å². The molecule has 8 heteroatoms. The summed E-state index contributed by atoms with van der Waals surface area (Å²) >= 11 is 9.53. The van der Waals surface area contributed by atoms with Crippen molar-refractivity contribution in [3.05, 3.63) is 56.4 Å². The number of halogens is 2. The number of methoxy groups -OCH3 is 1. The molecule has 1 amide bonds. The van der Waals surface area contributed by atoms with E-state index in [1.54, 1.807) is 25.3 Å². The third-order valence-electron chi connectivity index (χ3n) is 5.55. The number of nitrogens with one attached hydrogen (secondary N) is 2. The summed E-state index contributed by atoms with van der Waals surface area (Å²) in [6, 6.07) is 11.1. The Balaban J connectivity index is 1.45. The number of hydrogen-bond acceptors (Lipinski definition) is 3. The number of anilines is 1. The fourth-order valence-electron chi connectivity index (χ4n) is 4.05. The number of ether oxygens (including phenoxy) is 1. The van der Waals surface area contributed by atoms with Crippen LogP contribution in [0.3, 0.4) is 0 Å². The van der Waals surface area contributed by atoms with Gasteiger partial charge in [0.05, 0.1) is 23.2 Å². The number of carbonyl (C=O) groups is 1. The first-order valence-corrected chi connectivity index (χ1v) is 10.7. The molecule has 1 aromatic heterocycles. The van der Waals surface area contributed by atoms with E-state index in [9.17, 15) is 9.59 Å². The molecule has 152 valence electrons. The maximum Gasteiger partial charge on any atom is 0.326 e. The minimum Gasteiger partial charge on any atom is -0.495 e. The van der Waals surface area contributed by atoms with Crippen molar-refractivity contribution in [2.75, 3.05) is 12.4 Å². The van der Waals surface area contributed by atoms with Gasteiger partial charge in [0.25, 0.3) is 0 Å². The Morgan fingerprint density at radius 3 is 2.72 bits per heavy atom. The molecule has 6 nitrogen and oxygen atoms in total. The number of para-hydroxylation sites is 1. The molecule has 1 aliphatic carbocycles. The molecule has 1 saturated carbocycles. The molecule has 2 aromatic carbocycles. The van der Waals surface area contributed by atoms with Gasteiger partial charge in [-0.1, -0.05) is 17.7 Å². The van der Waals surface area contributed by atoms with Gasteiger partial charge in [0.15, 0.2) is 0 Å². The van der Waals surface area contributed by atoms with Crippen LogP contribution in [0.4, 0.5) is 5.69 Å². The zero-order valence-corrected chi connectivity index (χ0v) is 18.2. The monoisotopic (exact) mass is 477 g/mol. The Kier molecular flexibility index (Phi) is 5.69. The number of carbonyl (C=O) groups excluding carboxylic acids is 1. The van der Waals surface area contributed by atoms with E-state index in [0.717, 1.165) is 41.2 Å². The standard InChI is InChI=1S/C21H21BrClN3O3/c1-29-18-11-13(7-10-16(18)23)24-20(27)12-5-8-14(9-6-12)26-17-4-2-3-15(22)19(17)25-21(26)28/h2-4,7,10-12,14H,5-6,8-9H2,1H3,(H,24,27)(H,25,28). The predicted octanol–water partition coefficient (Wildman–Crippen LogP) is 5.12. The van der Waals surface area contributed by atoms with Crippen LogP contribution in [-0.4, -0.2) is 22.6 Å². The molecule has 0 saturated heterocycles. The fourth-order valence-corrected chi connectivity index (χ4v) is 4.70. The highest BCUT2D eigenvalue weighted by Gasteiger charge is 2.29. The Hall–Kier alpha value is -2.25. The summed E-state index contributed by atoms with van der Waals surface area (Å²) < 4.78 is 7.91. The van der Waals surface area contributed by atoms with Crippen LogP contribution in [-0.2, 0) is 4.79 Å². The average molecular weight is 479 g/mol. The summed E-state index contributed by atoms with van der Waals surface area (Å²) in [5.41, 5.74) is 2.27. The number of benzene rings is 2. The van der Waals surface area contributed by atoms with Gasteiger partial charge in [-0.15, -0.1) is 0 Å². The summed E-state index contributed by atoms with van der Waals surface area (Å²) in [5, 5.41) is 3.45. The van der Waals surface area contributed by atoms with Gasteiger partial charge in [-0.2, -0.15) is 0 Å². The fraction of sp³-hybridized carbons (Fsp3) is 0.333. The second-order valence-corrected chi connectivity index (χ2v) is 8.54. The zero-order valence-electron chi connectivity index (χ0n) is 15.9. The van der Waals surface area contributed by atoms with Gasteiger partial charge < -0.3 is 15.0 Å². The van der Waals surface area contributed by atoms with Crippen molar-refractivity contribution in [2.24, 2.45) is 5.92 Å². The number of imidazole rings is 1. The van der Waals surface area contributed by atoms with Crippen LogP contribution in [0.1, 0.15) is 31.7 Å². The van der Waals surface area contributed by atoms with E-state index in [-0.39, 0.29) is 23.6 Å². The van der Waals surface area contributed by atoms with E-state index in [1.807, 2.05) is 22.8 Å². The van der Waals surface area contributed by atoms with Crippen LogP contribution >= 0.6 is 27.5 Å². The number of fused-ring (bicyclic) bond motifs is 1. The SMILES string of the molecule is COc1cc(NC(=O)C2CCC(n3c(=O)[nH]c4c(Br)cccc43)CC2)ccc1Cl. The summed E-state index contributed by atoms with van der Waals surface area (Å²) in [6.07, 6.45) is 3.02. The van der Waals surface area contributed by atoms with Gasteiger partial charge in [0, 0.05) is 28.2 Å². The van der Waals surface area contributed by atoms with E-state index in [4.69, 9.17) is 16.3 Å². The van der Waals surface area contributed by atoms with Crippen molar-refractivity contribution in [1.82, 2.24) is 9.55 Å². The lowest BCUT2D eigenvalue weighted by Gasteiger charge is -2.28. The maximum atomic E-state index is 12.7. The smallest absolute Gasteiger partial charge is 0.326 e. The normalized spacial score (nSPS) is 19.3. The molecular weight excluding hydrogens is 458 g/mol. The van der Waals surface area contributed by atoms with E-state index in [2.05, 4.69) is 26.2 Å². The Morgan fingerprint density at radius 2 is 2.00 bits per heavy atom. The lowest BCUT2D eigenvalue weighted by molar-refractivity contribution is -0.121. The number of H-pyrrole nitrogens is 1. The van der Waals surface area contributed by atoms with Crippen LogP contribution in [0.5, 0.6) is 5.75 Å². The van der Waals surface area contributed by atoms with E-state index in [0.29, 0.717) is 16.5 Å². The Bertz CT molecular complexity index is 1120. The molecule has 1 aliphatic rings. The van der Waals surface area contributed by atoms with Crippen molar-refractivity contribution >= 4 is 50.2 Å². The summed E-state index contributed by atoms with van der Waals surface area (Å²) in [7, 11) is 1.54. The first-order chi connectivity index (χ1) is 14.0. The molecule has 1 heterocycles. The van der Waals surface area contributed by atoms with Crippen molar-refractivity contribution in [1.29, 1.82) is 0 Å². The third-order valence-corrected chi connectivity index (χ3v) is 6.53. The second kappa shape index (κ2) is 8.24. The minimum atomic E-state index is -0.104.